The lowest BCUT2D eigenvalue weighted by Gasteiger charge is -2.20. The number of amides is 1. The Kier molecular flexibility index (Phi) is 5.83. The summed E-state index contributed by atoms with van der Waals surface area (Å²) in [7, 11) is 0. The van der Waals surface area contributed by atoms with Crippen LogP contribution >= 0.6 is 11.3 Å². The SMILES string of the molecule is C[C@H](NC[C@@H](c1cccs1)c1c[nH]c2ccccc12)C(=O)NCc1ccc2c(c1)OCO2. The van der Waals surface area contributed by atoms with Crippen LogP contribution in [0.25, 0.3) is 10.9 Å². The van der Waals surface area contributed by atoms with Gasteiger partial charge in [-0.15, -0.1) is 11.3 Å². The van der Waals surface area contributed by atoms with Gasteiger partial charge in [-0.1, -0.05) is 30.3 Å². The molecule has 32 heavy (non-hydrogen) atoms. The number of carbonyl (C=O) groups is 1. The van der Waals surface area contributed by atoms with Crippen LogP contribution in [0.5, 0.6) is 11.5 Å². The fourth-order valence-corrected chi connectivity index (χ4v) is 4.86. The summed E-state index contributed by atoms with van der Waals surface area (Å²) < 4.78 is 10.7. The number of nitrogens with one attached hydrogen (secondary N) is 3. The second-order valence-corrected chi connectivity index (χ2v) is 8.87. The Morgan fingerprint density at radius 1 is 1.12 bits per heavy atom. The van der Waals surface area contributed by atoms with E-state index in [0.717, 1.165) is 22.6 Å². The minimum absolute atomic E-state index is 0.0356. The Hall–Kier alpha value is -3.29. The summed E-state index contributed by atoms with van der Waals surface area (Å²) >= 11 is 1.74. The van der Waals surface area contributed by atoms with Gasteiger partial charge < -0.3 is 25.1 Å². The fourth-order valence-electron chi connectivity index (χ4n) is 4.02. The lowest BCUT2D eigenvalue weighted by Crippen LogP contribution is -2.43. The predicted octanol–water partition coefficient (Wildman–Crippen LogP) is 4.38. The maximum Gasteiger partial charge on any atom is 0.237 e. The molecule has 0 radical (unpaired) electrons. The monoisotopic (exact) mass is 447 g/mol. The lowest BCUT2D eigenvalue weighted by molar-refractivity contribution is -0.122. The van der Waals surface area contributed by atoms with Gasteiger partial charge in [0, 0.05) is 41.0 Å². The summed E-state index contributed by atoms with van der Waals surface area (Å²) in [6, 6.07) is 18.0. The summed E-state index contributed by atoms with van der Waals surface area (Å²) in [6.07, 6.45) is 2.08. The number of H-pyrrole nitrogens is 1. The molecule has 2 atom stereocenters. The third kappa shape index (κ3) is 4.22. The van der Waals surface area contributed by atoms with Gasteiger partial charge >= 0.3 is 0 Å². The molecule has 0 saturated heterocycles. The first-order valence-corrected chi connectivity index (χ1v) is 11.6. The van der Waals surface area contributed by atoms with Crippen molar-refractivity contribution >= 4 is 28.1 Å². The van der Waals surface area contributed by atoms with Crippen LogP contribution in [-0.4, -0.2) is 30.3 Å². The van der Waals surface area contributed by atoms with E-state index in [-0.39, 0.29) is 24.7 Å². The Morgan fingerprint density at radius 2 is 2.00 bits per heavy atom. The molecule has 0 unspecified atom stereocenters. The van der Waals surface area contributed by atoms with Gasteiger partial charge in [0.15, 0.2) is 11.5 Å². The number of hydrogen-bond acceptors (Lipinski definition) is 5. The molecule has 6 nitrogen and oxygen atoms in total. The van der Waals surface area contributed by atoms with Gasteiger partial charge in [0.2, 0.25) is 12.7 Å². The number of fused-ring (bicyclic) bond motifs is 2. The first kappa shape index (κ1) is 20.6. The van der Waals surface area contributed by atoms with Crippen LogP contribution in [0.15, 0.2) is 66.2 Å². The van der Waals surface area contributed by atoms with E-state index in [1.54, 1.807) is 11.3 Å². The molecular formula is C25H25N3O3S. The van der Waals surface area contributed by atoms with Crippen LogP contribution < -0.4 is 20.1 Å². The number of carbonyl (C=O) groups excluding carboxylic acids is 1. The van der Waals surface area contributed by atoms with Gasteiger partial charge in [0.05, 0.1) is 6.04 Å². The number of aromatic nitrogens is 1. The van der Waals surface area contributed by atoms with Crippen LogP contribution in [0.3, 0.4) is 0 Å². The van der Waals surface area contributed by atoms with Gasteiger partial charge in [0.25, 0.3) is 0 Å². The highest BCUT2D eigenvalue weighted by Gasteiger charge is 2.21. The zero-order chi connectivity index (χ0) is 21.9. The molecular weight excluding hydrogens is 422 g/mol. The molecule has 0 aliphatic carbocycles. The minimum atomic E-state index is -0.323. The summed E-state index contributed by atoms with van der Waals surface area (Å²) in [6.45, 7) is 3.25. The van der Waals surface area contributed by atoms with Gasteiger partial charge in [-0.25, -0.2) is 0 Å². The van der Waals surface area contributed by atoms with Crippen molar-refractivity contribution in [3.8, 4) is 11.5 Å². The number of aromatic amines is 1. The van der Waals surface area contributed by atoms with Crippen LogP contribution in [0.1, 0.15) is 28.8 Å². The molecule has 7 heteroatoms. The maximum atomic E-state index is 12.7. The van der Waals surface area contributed by atoms with E-state index in [4.69, 9.17) is 9.47 Å². The van der Waals surface area contributed by atoms with Crippen molar-refractivity contribution in [2.75, 3.05) is 13.3 Å². The van der Waals surface area contributed by atoms with E-state index in [0.29, 0.717) is 13.1 Å². The smallest absolute Gasteiger partial charge is 0.237 e. The van der Waals surface area contributed by atoms with Crippen molar-refractivity contribution in [3.05, 3.63) is 82.2 Å². The molecule has 1 amide bonds. The molecule has 2 aromatic heterocycles. The van der Waals surface area contributed by atoms with Crippen molar-refractivity contribution in [2.45, 2.75) is 25.4 Å². The molecule has 5 rings (SSSR count). The number of benzene rings is 2. The molecule has 0 spiro atoms. The average Bonchev–Trinajstić information content (AvgIpc) is 3.58. The number of thiophene rings is 1. The molecule has 164 valence electrons. The Labute approximate surface area is 190 Å². The fraction of sp³-hybridized carbons (Fsp3) is 0.240. The normalized spacial score (nSPS) is 14.4. The van der Waals surface area contributed by atoms with Crippen molar-refractivity contribution < 1.29 is 14.3 Å². The predicted molar refractivity (Wildman–Crippen MR) is 126 cm³/mol. The summed E-state index contributed by atoms with van der Waals surface area (Å²) in [5.74, 6) is 1.59. The summed E-state index contributed by atoms with van der Waals surface area (Å²) in [5, 5.41) is 9.76. The third-order valence-electron chi connectivity index (χ3n) is 5.81. The van der Waals surface area contributed by atoms with Crippen molar-refractivity contribution in [1.29, 1.82) is 0 Å². The zero-order valence-corrected chi connectivity index (χ0v) is 18.6. The van der Waals surface area contributed by atoms with E-state index < -0.39 is 0 Å². The highest BCUT2D eigenvalue weighted by atomic mass is 32.1. The van der Waals surface area contributed by atoms with Crippen molar-refractivity contribution in [1.82, 2.24) is 15.6 Å². The average molecular weight is 448 g/mol. The standard InChI is InChI=1S/C25H25N3O3S/c1-16(25(29)28-12-17-8-9-22-23(11-17)31-15-30-22)26-14-20(24-7-4-10-32-24)19-13-27-21-6-3-2-5-18(19)21/h2-11,13,16,20,26-27H,12,14-15H2,1H3,(H,28,29)/t16-,20+/m0/s1. The number of hydrogen-bond donors (Lipinski definition) is 3. The quantitative estimate of drug-likeness (QED) is 0.375. The van der Waals surface area contributed by atoms with E-state index in [2.05, 4.69) is 57.5 Å². The largest absolute Gasteiger partial charge is 0.454 e. The van der Waals surface area contributed by atoms with E-state index >= 15 is 0 Å². The highest BCUT2D eigenvalue weighted by Crippen LogP contribution is 2.33. The molecule has 0 bridgehead atoms. The van der Waals surface area contributed by atoms with E-state index in [1.807, 2.05) is 31.2 Å². The maximum absolute atomic E-state index is 12.7. The van der Waals surface area contributed by atoms with Gasteiger partial charge in [-0.05, 0) is 47.7 Å². The number of ether oxygens (including phenoxy) is 2. The zero-order valence-electron chi connectivity index (χ0n) is 17.8. The van der Waals surface area contributed by atoms with Gasteiger partial charge in [0.1, 0.15) is 0 Å². The van der Waals surface area contributed by atoms with Gasteiger partial charge in [-0.2, -0.15) is 0 Å². The molecule has 3 heterocycles. The highest BCUT2D eigenvalue weighted by molar-refractivity contribution is 7.10. The topological polar surface area (TPSA) is 75.4 Å². The van der Waals surface area contributed by atoms with Crippen LogP contribution in [0, 0.1) is 0 Å². The number of para-hydroxylation sites is 1. The molecule has 0 fully saturated rings. The second-order valence-electron chi connectivity index (χ2n) is 7.89. The van der Waals surface area contributed by atoms with Crippen LogP contribution in [0.2, 0.25) is 0 Å². The molecule has 2 aromatic carbocycles. The van der Waals surface area contributed by atoms with E-state index in [1.165, 1.54) is 15.8 Å². The molecule has 3 N–H and O–H groups in total. The molecule has 1 aliphatic heterocycles. The van der Waals surface area contributed by atoms with Crippen molar-refractivity contribution in [2.24, 2.45) is 0 Å². The third-order valence-corrected chi connectivity index (χ3v) is 6.79. The molecule has 1 aliphatic rings. The minimum Gasteiger partial charge on any atom is -0.454 e. The van der Waals surface area contributed by atoms with Crippen LogP contribution in [0.4, 0.5) is 0 Å². The Morgan fingerprint density at radius 3 is 2.88 bits per heavy atom. The van der Waals surface area contributed by atoms with E-state index in [9.17, 15) is 4.79 Å². The van der Waals surface area contributed by atoms with Crippen molar-refractivity contribution in [3.63, 3.8) is 0 Å². The lowest BCUT2D eigenvalue weighted by atomic mass is 9.96. The number of rotatable bonds is 8. The van der Waals surface area contributed by atoms with Gasteiger partial charge in [-0.3, -0.25) is 4.79 Å². The summed E-state index contributed by atoms with van der Waals surface area (Å²) in [5.41, 5.74) is 3.34. The Balaban J connectivity index is 1.23. The second kappa shape index (κ2) is 9.06. The molecule has 0 saturated carbocycles. The first-order chi connectivity index (χ1) is 15.7. The first-order valence-electron chi connectivity index (χ1n) is 10.7. The summed E-state index contributed by atoms with van der Waals surface area (Å²) in [4.78, 5) is 17.4. The Bertz CT molecular complexity index is 1220. The molecule has 4 aromatic rings. The van der Waals surface area contributed by atoms with Crippen LogP contribution in [-0.2, 0) is 11.3 Å².